The molecule has 0 aliphatic carbocycles. The predicted octanol–water partition coefficient (Wildman–Crippen LogP) is 2.66. The Labute approximate surface area is 146 Å². The molecule has 25 heavy (non-hydrogen) atoms. The van der Waals surface area contributed by atoms with Gasteiger partial charge in [-0.1, -0.05) is 41.6 Å². The number of likely N-dealkylation sites (tertiary alicyclic amines) is 1. The maximum absolute atomic E-state index is 6.10. The Morgan fingerprint density at radius 3 is 2.84 bits per heavy atom. The van der Waals surface area contributed by atoms with Crippen molar-refractivity contribution in [3.63, 3.8) is 0 Å². The zero-order valence-electron chi connectivity index (χ0n) is 14.0. The number of nitrogens with one attached hydrogen (secondary N) is 1. The van der Waals surface area contributed by atoms with Gasteiger partial charge in [0.25, 0.3) is 0 Å². The van der Waals surface area contributed by atoms with Gasteiger partial charge >= 0.3 is 0 Å². The maximum Gasteiger partial charge on any atom is 0.136 e. The minimum absolute atomic E-state index is 0.239. The summed E-state index contributed by atoms with van der Waals surface area (Å²) >= 11 is 0. The quantitative estimate of drug-likeness (QED) is 0.750. The zero-order chi connectivity index (χ0) is 16.9. The lowest BCUT2D eigenvalue weighted by Crippen LogP contribution is -2.23. The summed E-state index contributed by atoms with van der Waals surface area (Å²) in [6, 6.07) is 16.3. The fourth-order valence-corrected chi connectivity index (χ4v) is 3.18. The summed E-state index contributed by atoms with van der Waals surface area (Å²) in [4.78, 5) is 6.77. The number of aromatic nitrogens is 4. The van der Waals surface area contributed by atoms with Gasteiger partial charge in [0.1, 0.15) is 5.69 Å². The van der Waals surface area contributed by atoms with Crippen molar-refractivity contribution in [2.24, 2.45) is 0 Å². The number of benzene rings is 1. The van der Waals surface area contributed by atoms with Gasteiger partial charge in [-0.2, -0.15) is 0 Å². The number of aromatic amines is 1. The minimum Gasteiger partial charge on any atom is -0.370 e. The lowest BCUT2D eigenvalue weighted by molar-refractivity contribution is 0.0445. The van der Waals surface area contributed by atoms with E-state index in [-0.39, 0.29) is 6.10 Å². The third-order valence-electron chi connectivity index (χ3n) is 4.47. The summed E-state index contributed by atoms with van der Waals surface area (Å²) in [5.74, 6) is 0. The SMILES string of the molecule is c1ccc(CN2CCC(OCc3[nH]nnc3-c3ccccn3)C2)cc1. The van der Waals surface area contributed by atoms with E-state index in [4.69, 9.17) is 4.74 Å². The Balaban J connectivity index is 1.32. The van der Waals surface area contributed by atoms with Crippen LogP contribution in [0, 0.1) is 0 Å². The second kappa shape index (κ2) is 7.55. The molecule has 1 atom stereocenters. The average molecular weight is 335 g/mol. The summed E-state index contributed by atoms with van der Waals surface area (Å²) in [5.41, 5.74) is 3.80. The van der Waals surface area contributed by atoms with Gasteiger partial charge in [-0.25, -0.2) is 0 Å². The molecule has 0 saturated carbocycles. The van der Waals surface area contributed by atoms with Crippen LogP contribution in [0.1, 0.15) is 17.7 Å². The van der Waals surface area contributed by atoms with Crippen molar-refractivity contribution in [1.82, 2.24) is 25.3 Å². The van der Waals surface area contributed by atoms with Crippen molar-refractivity contribution in [1.29, 1.82) is 0 Å². The zero-order valence-corrected chi connectivity index (χ0v) is 14.0. The molecular formula is C19H21N5O. The first kappa shape index (κ1) is 15.9. The molecule has 0 radical (unpaired) electrons. The van der Waals surface area contributed by atoms with Crippen LogP contribution in [0.3, 0.4) is 0 Å². The molecule has 4 rings (SSSR count). The Morgan fingerprint density at radius 1 is 1.12 bits per heavy atom. The largest absolute Gasteiger partial charge is 0.370 e. The Bertz CT molecular complexity index is 790. The molecule has 1 fully saturated rings. The van der Waals surface area contributed by atoms with Crippen LogP contribution in [0.25, 0.3) is 11.4 Å². The molecule has 128 valence electrons. The van der Waals surface area contributed by atoms with Crippen LogP contribution in [-0.4, -0.2) is 44.5 Å². The Morgan fingerprint density at radius 2 is 2.00 bits per heavy atom. The van der Waals surface area contributed by atoms with Gasteiger partial charge in [-0.05, 0) is 24.1 Å². The molecule has 0 amide bonds. The first-order valence-electron chi connectivity index (χ1n) is 8.58. The van der Waals surface area contributed by atoms with E-state index in [1.54, 1.807) is 6.20 Å². The molecule has 1 aromatic carbocycles. The van der Waals surface area contributed by atoms with E-state index < -0.39 is 0 Å². The molecular weight excluding hydrogens is 314 g/mol. The van der Waals surface area contributed by atoms with Gasteiger partial charge in [0.2, 0.25) is 0 Å². The van der Waals surface area contributed by atoms with Crippen LogP contribution in [0.4, 0.5) is 0 Å². The molecule has 1 N–H and O–H groups in total. The van der Waals surface area contributed by atoms with Crippen molar-refractivity contribution in [2.45, 2.75) is 25.7 Å². The monoisotopic (exact) mass is 335 g/mol. The molecule has 3 aromatic rings. The summed E-state index contributed by atoms with van der Waals surface area (Å²) in [5, 5.41) is 11.0. The Hall–Kier alpha value is -2.57. The molecule has 0 bridgehead atoms. The molecule has 1 aliphatic rings. The third-order valence-corrected chi connectivity index (χ3v) is 4.47. The van der Waals surface area contributed by atoms with Gasteiger partial charge in [0.05, 0.1) is 24.1 Å². The van der Waals surface area contributed by atoms with Gasteiger partial charge < -0.3 is 4.74 Å². The van der Waals surface area contributed by atoms with Gasteiger partial charge in [0, 0.05) is 25.8 Å². The maximum atomic E-state index is 6.10. The van der Waals surface area contributed by atoms with Crippen molar-refractivity contribution in [2.75, 3.05) is 13.1 Å². The highest BCUT2D eigenvalue weighted by molar-refractivity contribution is 5.55. The summed E-state index contributed by atoms with van der Waals surface area (Å²) in [6.07, 6.45) is 3.05. The Kier molecular flexibility index (Phi) is 4.81. The smallest absolute Gasteiger partial charge is 0.136 e. The molecule has 1 aliphatic heterocycles. The second-order valence-corrected chi connectivity index (χ2v) is 6.30. The lowest BCUT2D eigenvalue weighted by Gasteiger charge is -2.16. The number of nitrogens with zero attached hydrogens (tertiary/aromatic N) is 4. The summed E-state index contributed by atoms with van der Waals surface area (Å²) < 4.78 is 6.10. The number of ether oxygens (including phenoxy) is 1. The molecule has 6 nitrogen and oxygen atoms in total. The van der Waals surface area contributed by atoms with E-state index in [1.807, 2.05) is 18.2 Å². The fourth-order valence-electron chi connectivity index (χ4n) is 3.18. The lowest BCUT2D eigenvalue weighted by atomic mass is 10.2. The van der Waals surface area contributed by atoms with Crippen molar-refractivity contribution in [3.8, 4) is 11.4 Å². The fraction of sp³-hybridized carbons (Fsp3) is 0.316. The van der Waals surface area contributed by atoms with Crippen LogP contribution >= 0.6 is 0 Å². The van der Waals surface area contributed by atoms with Crippen LogP contribution in [0.5, 0.6) is 0 Å². The number of hydrogen-bond donors (Lipinski definition) is 1. The van der Waals surface area contributed by atoms with Gasteiger partial charge in [-0.15, -0.1) is 5.10 Å². The normalized spacial score (nSPS) is 17.8. The first-order valence-corrected chi connectivity index (χ1v) is 8.58. The highest BCUT2D eigenvalue weighted by Crippen LogP contribution is 2.20. The molecule has 2 aromatic heterocycles. The highest BCUT2D eigenvalue weighted by atomic mass is 16.5. The molecule has 1 saturated heterocycles. The first-order chi connectivity index (χ1) is 12.4. The van der Waals surface area contributed by atoms with E-state index >= 15 is 0 Å². The predicted molar refractivity (Wildman–Crippen MR) is 94.5 cm³/mol. The van der Waals surface area contributed by atoms with Crippen LogP contribution in [-0.2, 0) is 17.9 Å². The van der Waals surface area contributed by atoms with Gasteiger partial charge in [-0.3, -0.25) is 15.0 Å². The van der Waals surface area contributed by atoms with E-state index in [0.29, 0.717) is 6.61 Å². The highest BCUT2D eigenvalue weighted by Gasteiger charge is 2.23. The van der Waals surface area contributed by atoms with E-state index in [2.05, 4.69) is 55.6 Å². The van der Waals surface area contributed by atoms with E-state index in [0.717, 1.165) is 43.1 Å². The van der Waals surface area contributed by atoms with E-state index in [9.17, 15) is 0 Å². The summed E-state index contributed by atoms with van der Waals surface area (Å²) in [6.45, 7) is 3.47. The standard InChI is InChI=1S/C19H21N5O/c1-2-6-15(7-3-1)12-24-11-9-16(13-24)25-14-18-19(22-23-21-18)17-8-4-5-10-20-17/h1-8,10,16H,9,11-14H2,(H,21,22,23). The number of pyridine rings is 1. The van der Waals surface area contributed by atoms with Crippen molar-refractivity contribution >= 4 is 0 Å². The van der Waals surface area contributed by atoms with E-state index in [1.165, 1.54) is 5.56 Å². The molecule has 1 unspecified atom stereocenters. The van der Waals surface area contributed by atoms with Crippen LogP contribution < -0.4 is 0 Å². The molecule has 3 heterocycles. The van der Waals surface area contributed by atoms with Crippen LogP contribution in [0.2, 0.25) is 0 Å². The topological polar surface area (TPSA) is 66.9 Å². The number of hydrogen-bond acceptors (Lipinski definition) is 5. The van der Waals surface area contributed by atoms with Crippen LogP contribution in [0.15, 0.2) is 54.7 Å². The molecule has 0 spiro atoms. The second-order valence-electron chi connectivity index (χ2n) is 6.30. The third kappa shape index (κ3) is 3.92. The summed E-state index contributed by atoms with van der Waals surface area (Å²) in [7, 11) is 0. The molecule has 6 heteroatoms. The van der Waals surface area contributed by atoms with Crippen molar-refractivity contribution < 1.29 is 4.74 Å². The average Bonchev–Trinajstić information content (AvgIpc) is 3.31. The van der Waals surface area contributed by atoms with Gasteiger partial charge in [0.15, 0.2) is 0 Å². The minimum atomic E-state index is 0.239. The number of H-pyrrole nitrogens is 1. The van der Waals surface area contributed by atoms with Crippen molar-refractivity contribution in [3.05, 3.63) is 66.0 Å². The number of rotatable bonds is 6.